The van der Waals surface area contributed by atoms with E-state index in [1.165, 1.54) is 30.5 Å². The van der Waals surface area contributed by atoms with E-state index >= 15 is 0 Å². The third-order valence-electron chi connectivity index (χ3n) is 6.43. The molecule has 0 bridgehead atoms. The van der Waals surface area contributed by atoms with Crippen molar-refractivity contribution in [3.63, 3.8) is 0 Å². The van der Waals surface area contributed by atoms with Crippen LogP contribution in [-0.2, 0) is 17.5 Å². The summed E-state index contributed by atoms with van der Waals surface area (Å²) in [5.41, 5.74) is 3.53. The number of carboxylic acid groups (broad SMARTS) is 1. The minimum absolute atomic E-state index is 0.181. The zero-order chi connectivity index (χ0) is 27.1. The molecule has 3 aromatic rings. The first-order valence-corrected chi connectivity index (χ1v) is 12.5. The number of likely N-dealkylation sites (tertiary alicyclic amines) is 1. The molecular formula is C30H30F3NO4. The fraction of sp³-hybridized carbons (Fsp3) is 0.300. The van der Waals surface area contributed by atoms with E-state index in [-0.39, 0.29) is 6.61 Å². The predicted octanol–water partition coefficient (Wildman–Crippen LogP) is 6.58. The minimum atomic E-state index is -4.40. The average Bonchev–Trinajstić information content (AvgIpc) is 3.39. The first kappa shape index (κ1) is 27.3. The largest absolute Gasteiger partial charge is 0.489 e. The van der Waals surface area contributed by atoms with Crippen molar-refractivity contribution in [3.8, 4) is 11.5 Å². The van der Waals surface area contributed by atoms with Crippen molar-refractivity contribution in [2.24, 2.45) is 0 Å². The fourth-order valence-corrected chi connectivity index (χ4v) is 4.46. The Morgan fingerprint density at radius 1 is 0.947 bits per heavy atom. The molecule has 0 unspecified atom stereocenters. The summed E-state index contributed by atoms with van der Waals surface area (Å²) in [4.78, 5) is 13.2. The van der Waals surface area contributed by atoms with E-state index in [4.69, 9.17) is 14.6 Å². The van der Waals surface area contributed by atoms with E-state index in [0.29, 0.717) is 17.1 Å². The van der Waals surface area contributed by atoms with Gasteiger partial charge in [-0.1, -0.05) is 36.4 Å². The summed E-state index contributed by atoms with van der Waals surface area (Å²) < 4.78 is 50.5. The van der Waals surface area contributed by atoms with Gasteiger partial charge in [0.25, 0.3) is 0 Å². The first-order chi connectivity index (χ1) is 18.2. The zero-order valence-corrected chi connectivity index (χ0v) is 21.1. The molecule has 0 aliphatic carbocycles. The van der Waals surface area contributed by atoms with Crippen LogP contribution in [0.2, 0.25) is 0 Å². The summed E-state index contributed by atoms with van der Waals surface area (Å²) in [7, 11) is 0. The number of ether oxygens (including phenoxy) is 2. The van der Waals surface area contributed by atoms with Crippen molar-refractivity contribution in [2.45, 2.75) is 32.5 Å². The summed E-state index contributed by atoms with van der Waals surface area (Å²) in [5, 5.41) is 8.80. The molecule has 1 heterocycles. The Kier molecular flexibility index (Phi) is 8.73. The SMILES string of the molecule is Cc1cc(OC/C=C(\c2ccc(CN3CCCC3)cc2)c2ccc(C(F)(F)F)cc2)ccc1OCC(=O)O. The molecule has 0 spiro atoms. The molecule has 1 N–H and O–H groups in total. The third-order valence-corrected chi connectivity index (χ3v) is 6.43. The smallest absolute Gasteiger partial charge is 0.416 e. The number of benzene rings is 3. The van der Waals surface area contributed by atoms with Crippen LogP contribution in [0.15, 0.2) is 72.8 Å². The number of halogens is 3. The van der Waals surface area contributed by atoms with E-state index in [1.807, 2.05) is 18.2 Å². The van der Waals surface area contributed by atoms with Gasteiger partial charge >= 0.3 is 12.1 Å². The number of carboxylic acids is 1. The summed E-state index contributed by atoms with van der Waals surface area (Å²) in [5.74, 6) is -0.0429. The van der Waals surface area contributed by atoms with Gasteiger partial charge in [-0.3, -0.25) is 4.90 Å². The lowest BCUT2D eigenvalue weighted by Gasteiger charge is -2.16. The normalized spacial score (nSPS) is 14.5. The van der Waals surface area contributed by atoms with E-state index in [1.54, 1.807) is 25.1 Å². The monoisotopic (exact) mass is 525 g/mol. The number of rotatable bonds is 10. The predicted molar refractivity (Wildman–Crippen MR) is 139 cm³/mol. The molecule has 0 radical (unpaired) electrons. The maximum absolute atomic E-state index is 13.1. The van der Waals surface area contributed by atoms with Crippen molar-refractivity contribution in [2.75, 3.05) is 26.3 Å². The summed E-state index contributed by atoms with van der Waals surface area (Å²) >= 11 is 0. The number of hydrogen-bond donors (Lipinski definition) is 1. The number of carbonyl (C=O) groups is 1. The zero-order valence-electron chi connectivity index (χ0n) is 21.1. The van der Waals surface area contributed by atoms with Crippen LogP contribution in [0.3, 0.4) is 0 Å². The van der Waals surface area contributed by atoms with Crippen molar-refractivity contribution >= 4 is 11.5 Å². The molecule has 1 fully saturated rings. The quantitative estimate of drug-likeness (QED) is 0.324. The minimum Gasteiger partial charge on any atom is -0.489 e. The molecule has 200 valence electrons. The Morgan fingerprint density at radius 3 is 2.16 bits per heavy atom. The lowest BCUT2D eigenvalue weighted by atomic mass is 9.95. The number of nitrogens with zero attached hydrogens (tertiary/aromatic N) is 1. The lowest BCUT2D eigenvalue weighted by Crippen LogP contribution is -2.18. The van der Waals surface area contributed by atoms with Gasteiger partial charge in [0.1, 0.15) is 18.1 Å². The molecule has 0 atom stereocenters. The highest BCUT2D eigenvalue weighted by Gasteiger charge is 2.30. The summed E-state index contributed by atoms with van der Waals surface area (Å²) in [6, 6.07) is 18.3. The second kappa shape index (κ2) is 12.2. The van der Waals surface area contributed by atoms with Crippen molar-refractivity contribution in [3.05, 3.63) is 101 Å². The van der Waals surface area contributed by atoms with Gasteiger partial charge in [-0.2, -0.15) is 13.2 Å². The molecule has 3 aromatic carbocycles. The van der Waals surface area contributed by atoms with Crippen LogP contribution in [0, 0.1) is 6.92 Å². The van der Waals surface area contributed by atoms with Crippen LogP contribution in [0.5, 0.6) is 11.5 Å². The van der Waals surface area contributed by atoms with Crippen molar-refractivity contribution in [1.82, 2.24) is 4.90 Å². The molecule has 38 heavy (non-hydrogen) atoms. The molecule has 4 rings (SSSR count). The maximum Gasteiger partial charge on any atom is 0.416 e. The van der Waals surface area contributed by atoms with Gasteiger partial charge in [0.2, 0.25) is 0 Å². The van der Waals surface area contributed by atoms with Gasteiger partial charge in [-0.05, 0) is 97.1 Å². The Morgan fingerprint density at radius 2 is 1.58 bits per heavy atom. The Bertz CT molecular complexity index is 1260. The van der Waals surface area contributed by atoms with Crippen LogP contribution < -0.4 is 9.47 Å². The van der Waals surface area contributed by atoms with Crippen LogP contribution in [0.4, 0.5) is 13.2 Å². The highest BCUT2D eigenvalue weighted by atomic mass is 19.4. The van der Waals surface area contributed by atoms with Gasteiger partial charge in [-0.15, -0.1) is 0 Å². The summed E-state index contributed by atoms with van der Waals surface area (Å²) in [6.07, 6.45) is -0.115. The van der Waals surface area contributed by atoms with Crippen LogP contribution >= 0.6 is 0 Å². The van der Waals surface area contributed by atoms with E-state index in [9.17, 15) is 18.0 Å². The lowest BCUT2D eigenvalue weighted by molar-refractivity contribution is -0.139. The Balaban J connectivity index is 1.53. The molecule has 1 aliphatic heterocycles. The Labute approximate surface area is 220 Å². The fourth-order valence-electron chi connectivity index (χ4n) is 4.46. The molecule has 0 amide bonds. The van der Waals surface area contributed by atoms with E-state index in [2.05, 4.69) is 17.0 Å². The second-order valence-electron chi connectivity index (χ2n) is 9.29. The highest BCUT2D eigenvalue weighted by molar-refractivity contribution is 5.80. The standard InChI is InChI=1S/C30H30F3NO4/c1-21-18-26(12-13-28(21)38-20-29(35)36)37-17-14-27(24-8-10-25(11-9-24)30(31,32)33)23-6-4-22(5-7-23)19-34-15-2-3-16-34/h4-14,18H,2-3,15-17,19-20H2,1H3,(H,35,36)/b27-14+. The summed E-state index contributed by atoms with van der Waals surface area (Å²) in [6.45, 7) is 4.62. The molecular weight excluding hydrogens is 495 g/mol. The number of hydrogen-bond acceptors (Lipinski definition) is 4. The molecule has 5 nitrogen and oxygen atoms in total. The third kappa shape index (κ3) is 7.38. The van der Waals surface area contributed by atoms with E-state index < -0.39 is 24.3 Å². The highest BCUT2D eigenvalue weighted by Crippen LogP contribution is 2.32. The van der Waals surface area contributed by atoms with Gasteiger partial charge in [0, 0.05) is 6.54 Å². The molecule has 8 heteroatoms. The van der Waals surface area contributed by atoms with Crippen LogP contribution in [0.25, 0.3) is 5.57 Å². The second-order valence-corrected chi connectivity index (χ2v) is 9.29. The first-order valence-electron chi connectivity index (χ1n) is 12.5. The average molecular weight is 526 g/mol. The Hall–Kier alpha value is -3.78. The maximum atomic E-state index is 13.1. The van der Waals surface area contributed by atoms with Gasteiger partial charge < -0.3 is 14.6 Å². The van der Waals surface area contributed by atoms with Crippen LogP contribution in [-0.4, -0.2) is 42.3 Å². The number of aliphatic carboxylic acids is 1. The van der Waals surface area contributed by atoms with Gasteiger partial charge in [-0.25, -0.2) is 4.79 Å². The number of alkyl halides is 3. The van der Waals surface area contributed by atoms with Crippen molar-refractivity contribution < 1.29 is 32.5 Å². The van der Waals surface area contributed by atoms with Crippen molar-refractivity contribution in [1.29, 1.82) is 0 Å². The molecule has 0 saturated carbocycles. The molecule has 0 aromatic heterocycles. The molecule has 1 aliphatic rings. The number of aryl methyl sites for hydroxylation is 1. The van der Waals surface area contributed by atoms with E-state index in [0.717, 1.165) is 48.5 Å². The topological polar surface area (TPSA) is 59.0 Å². The van der Waals surface area contributed by atoms with Crippen LogP contribution in [0.1, 0.15) is 40.7 Å². The van der Waals surface area contributed by atoms with Gasteiger partial charge in [0.15, 0.2) is 6.61 Å². The van der Waals surface area contributed by atoms with Gasteiger partial charge in [0.05, 0.1) is 5.56 Å². The molecule has 1 saturated heterocycles.